The predicted molar refractivity (Wildman–Crippen MR) is 130 cm³/mol. The first-order chi connectivity index (χ1) is 18.0. The number of ether oxygens (including phenoxy) is 3. The van der Waals surface area contributed by atoms with Crippen LogP contribution in [0, 0.1) is 28.6 Å². The van der Waals surface area contributed by atoms with Crippen molar-refractivity contribution in [2.45, 2.75) is 107 Å². The average molecular weight is 537 g/mol. The van der Waals surface area contributed by atoms with Crippen molar-refractivity contribution in [3.63, 3.8) is 0 Å². The SMILES string of the molecule is C[C@]12CC[C@H]3[C@@H](CC[C@]4(O)C[C@@H](O[C@H]5OC[C@@H](O)[C@@H](O)[C@@H]5O)CC[C@]34C=O)[C@@]1(O)CC[C@@H]2C1=CC(=O)OC1. The number of aliphatic hydroxyl groups is 5. The molecule has 1 saturated heterocycles. The Bertz CT molecular complexity index is 1020. The number of aldehydes is 1. The van der Waals surface area contributed by atoms with E-state index in [9.17, 15) is 35.1 Å². The molecule has 5 fully saturated rings. The third-order valence-electron chi connectivity index (χ3n) is 11.6. The van der Waals surface area contributed by atoms with Gasteiger partial charge < -0.3 is 44.5 Å². The van der Waals surface area contributed by atoms with Crippen LogP contribution in [-0.4, -0.2) is 92.9 Å². The van der Waals surface area contributed by atoms with Gasteiger partial charge in [0.2, 0.25) is 0 Å². The maximum Gasteiger partial charge on any atom is 0.331 e. The van der Waals surface area contributed by atoms with Gasteiger partial charge in [0.05, 0.1) is 29.3 Å². The van der Waals surface area contributed by atoms with Crippen LogP contribution in [0.5, 0.6) is 0 Å². The highest BCUT2D eigenvalue weighted by Gasteiger charge is 2.71. The summed E-state index contributed by atoms with van der Waals surface area (Å²) in [5.41, 5.74) is -2.83. The van der Waals surface area contributed by atoms with Crippen LogP contribution in [-0.2, 0) is 23.8 Å². The van der Waals surface area contributed by atoms with E-state index in [2.05, 4.69) is 6.92 Å². The summed E-state index contributed by atoms with van der Waals surface area (Å²) in [6, 6.07) is 0. The molecule has 0 unspecified atom stereocenters. The largest absolute Gasteiger partial charge is 0.458 e. The van der Waals surface area contributed by atoms with Crippen LogP contribution in [0.1, 0.15) is 64.7 Å². The van der Waals surface area contributed by atoms with Gasteiger partial charge in [0.15, 0.2) is 6.29 Å². The number of fused-ring (bicyclic) bond motifs is 5. The summed E-state index contributed by atoms with van der Waals surface area (Å²) in [7, 11) is 0. The molecule has 6 rings (SSSR count). The molecule has 0 amide bonds. The number of hydrogen-bond donors (Lipinski definition) is 5. The normalized spacial score (nSPS) is 54.4. The van der Waals surface area contributed by atoms with Crippen molar-refractivity contribution in [1.29, 1.82) is 0 Å². The highest BCUT2D eigenvalue weighted by atomic mass is 16.7. The van der Waals surface area contributed by atoms with Gasteiger partial charge in [-0.2, -0.15) is 0 Å². The molecule has 4 aliphatic carbocycles. The molecule has 2 aliphatic heterocycles. The molecular formula is C28H40O10. The Morgan fingerprint density at radius 3 is 2.47 bits per heavy atom. The molecule has 212 valence electrons. The molecular weight excluding hydrogens is 496 g/mol. The standard InChI is InChI=1S/C28H40O10/c1-25-6-3-18-19(28(25,35)9-5-17(25)15-10-21(31)36-12-15)4-8-27(34)11-16(2-7-26(18,27)14-29)38-24-23(33)22(32)20(30)13-37-24/h10,14,16-20,22-24,30,32-35H,2-9,11-13H2,1H3/t16-,17+,18-,19+,20+,22+,23-,24+,25+,26-,27-,28-/m0/s1. The summed E-state index contributed by atoms with van der Waals surface area (Å²) in [6.07, 6.45) is 1.56. The first kappa shape index (κ1) is 26.8. The average Bonchev–Trinajstić information content (AvgIpc) is 3.43. The predicted octanol–water partition coefficient (Wildman–Crippen LogP) is 0.362. The lowest BCUT2D eigenvalue weighted by Gasteiger charge is -2.65. The quantitative estimate of drug-likeness (QED) is 0.193. The van der Waals surface area contributed by atoms with Crippen LogP contribution in [0.25, 0.3) is 0 Å². The Balaban J connectivity index is 1.22. The zero-order chi connectivity index (χ0) is 27.1. The van der Waals surface area contributed by atoms with Gasteiger partial charge in [0.1, 0.15) is 31.2 Å². The molecule has 5 N–H and O–H groups in total. The molecule has 12 atom stereocenters. The number of carbonyl (C=O) groups excluding carboxylic acids is 2. The maximum atomic E-state index is 12.9. The first-order valence-electron chi connectivity index (χ1n) is 14.1. The number of aliphatic hydroxyl groups excluding tert-OH is 3. The number of rotatable bonds is 4. The number of carbonyl (C=O) groups is 2. The minimum absolute atomic E-state index is 0.0489. The van der Waals surface area contributed by atoms with Gasteiger partial charge in [-0.15, -0.1) is 0 Å². The molecule has 2 heterocycles. The Morgan fingerprint density at radius 1 is 1.00 bits per heavy atom. The third kappa shape index (κ3) is 3.57. The minimum atomic E-state index is -1.42. The molecule has 0 radical (unpaired) electrons. The summed E-state index contributed by atoms with van der Waals surface area (Å²) in [6.45, 7) is 2.22. The molecule has 0 aromatic carbocycles. The fourth-order valence-corrected chi connectivity index (χ4v) is 9.52. The molecule has 6 aliphatic rings. The van der Waals surface area contributed by atoms with E-state index in [0.717, 1.165) is 18.3 Å². The molecule has 0 aromatic rings. The zero-order valence-electron chi connectivity index (χ0n) is 21.8. The van der Waals surface area contributed by atoms with E-state index in [1.165, 1.54) is 0 Å². The first-order valence-corrected chi connectivity index (χ1v) is 14.1. The summed E-state index contributed by atoms with van der Waals surface area (Å²) in [5.74, 6) is -0.604. The van der Waals surface area contributed by atoms with Gasteiger partial charge in [0, 0.05) is 17.9 Å². The fourth-order valence-electron chi connectivity index (χ4n) is 9.52. The highest BCUT2D eigenvalue weighted by Crippen LogP contribution is 2.70. The van der Waals surface area contributed by atoms with E-state index in [1.54, 1.807) is 6.08 Å². The monoisotopic (exact) mass is 536 g/mol. The Hall–Kier alpha value is -1.40. The van der Waals surface area contributed by atoms with E-state index in [4.69, 9.17) is 14.2 Å². The second-order valence-corrected chi connectivity index (χ2v) is 13.0. The molecule has 38 heavy (non-hydrogen) atoms. The molecule has 0 bridgehead atoms. The van der Waals surface area contributed by atoms with Gasteiger partial charge in [-0.05, 0) is 74.7 Å². The lowest BCUT2D eigenvalue weighted by molar-refractivity contribution is -0.301. The highest BCUT2D eigenvalue weighted by molar-refractivity contribution is 5.85. The van der Waals surface area contributed by atoms with Crippen LogP contribution < -0.4 is 0 Å². The van der Waals surface area contributed by atoms with Crippen LogP contribution in [0.15, 0.2) is 11.6 Å². The summed E-state index contributed by atoms with van der Waals surface area (Å²) in [4.78, 5) is 24.7. The molecule has 0 spiro atoms. The summed E-state index contributed by atoms with van der Waals surface area (Å²) in [5, 5.41) is 54.4. The van der Waals surface area contributed by atoms with Gasteiger partial charge in [-0.1, -0.05) is 6.92 Å². The molecule has 10 heteroatoms. The topological polar surface area (TPSA) is 163 Å². The van der Waals surface area contributed by atoms with E-state index in [-0.39, 0.29) is 43.4 Å². The van der Waals surface area contributed by atoms with E-state index in [0.29, 0.717) is 44.9 Å². The Morgan fingerprint density at radius 2 is 1.76 bits per heavy atom. The van der Waals surface area contributed by atoms with Gasteiger partial charge in [0.25, 0.3) is 0 Å². The van der Waals surface area contributed by atoms with Crippen molar-refractivity contribution < 1.29 is 49.3 Å². The van der Waals surface area contributed by atoms with Crippen molar-refractivity contribution in [3.8, 4) is 0 Å². The van der Waals surface area contributed by atoms with E-state index < -0.39 is 52.7 Å². The maximum absolute atomic E-state index is 12.9. The summed E-state index contributed by atoms with van der Waals surface area (Å²) >= 11 is 0. The van der Waals surface area contributed by atoms with Crippen molar-refractivity contribution in [1.82, 2.24) is 0 Å². The fraction of sp³-hybridized carbons (Fsp3) is 0.857. The van der Waals surface area contributed by atoms with Gasteiger partial charge >= 0.3 is 5.97 Å². The molecule has 4 saturated carbocycles. The van der Waals surface area contributed by atoms with Gasteiger partial charge in [-0.25, -0.2) is 4.79 Å². The van der Waals surface area contributed by atoms with Crippen LogP contribution in [0.3, 0.4) is 0 Å². The number of hydrogen-bond acceptors (Lipinski definition) is 10. The summed E-state index contributed by atoms with van der Waals surface area (Å²) < 4.78 is 16.6. The van der Waals surface area contributed by atoms with E-state index >= 15 is 0 Å². The van der Waals surface area contributed by atoms with Crippen LogP contribution >= 0.6 is 0 Å². The van der Waals surface area contributed by atoms with Gasteiger partial charge in [-0.3, -0.25) is 0 Å². The molecule has 10 nitrogen and oxygen atoms in total. The molecule has 0 aromatic heterocycles. The lowest BCUT2D eigenvalue weighted by atomic mass is 9.41. The number of esters is 1. The van der Waals surface area contributed by atoms with Crippen molar-refractivity contribution in [2.24, 2.45) is 28.6 Å². The van der Waals surface area contributed by atoms with Crippen LogP contribution in [0.4, 0.5) is 0 Å². The minimum Gasteiger partial charge on any atom is -0.458 e. The number of cyclic esters (lactones) is 1. The van der Waals surface area contributed by atoms with E-state index in [1.807, 2.05) is 0 Å². The smallest absolute Gasteiger partial charge is 0.331 e. The Kier molecular flexibility index (Phi) is 6.39. The Labute approximate surface area is 222 Å². The lowest BCUT2D eigenvalue weighted by Crippen LogP contribution is -2.69. The second kappa shape index (κ2) is 9.06. The second-order valence-electron chi connectivity index (χ2n) is 13.0. The van der Waals surface area contributed by atoms with Crippen molar-refractivity contribution >= 4 is 12.3 Å². The van der Waals surface area contributed by atoms with Crippen LogP contribution in [0.2, 0.25) is 0 Å². The zero-order valence-corrected chi connectivity index (χ0v) is 21.8. The van der Waals surface area contributed by atoms with Crippen molar-refractivity contribution in [2.75, 3.05) is 13.2 Å². The van der Waals surface area contributed by atoms with Crippen molar-refractivity contribution in [3.05, 3.63) is 11.6 Å². The third-order valence-corrected chi connectivity index (χ3v) is 11.6.